The van der Waals surface area contributed by atoms with Crippen LogP contribution in [0.15, 0.2) is 29.0 Å². The van der Waals surface area contributed by atoms with Crippen molar-refractivity contribution in [3.63, 3.8) is 0 Å². The number of hydrogen-bond donors (Lipinski definition) is 0. The monoisotopic (exact) mass is 243 g/mol. The van der Waals surface area contributed by atoms with Crippen molar-refractivity contribution >= 4 is 11.5 Å². The van der Waals surface area contributed by atoms with Crippen LogP contribution in [0.1, 0.15) is 19.5 Å². The van der Waals surface area contributed by atoms with Gasteiger partial charge in [0.25, 0.3) is 0 Å². The van der Waals surface area contributed by atoms with Gasteiger partial charge in [-0.3, -0.25) is 0 Å². The van der Waals surface area contributed by atoms with Crippen LogP contribution in [0.2, 0.25) is 0 Å². The summed E-state index contributed by atoms with van der Waals surface area (Å²) in [5.41, 5.74) is 2.29. The Kier molecular flexibility index (Phi) is 2.19. The molecule has 0 saturated heterocycles. The van der Waals surface area contributed by atoms with Crippen molar-refractivity contribution < 1.29 is 9.80 Å². The van der Waals surface area contributed by atoms with E-state index in [0.717, 1.165) is 11.4 Å². The van der Waals surface area contributed by atoms with Gasteiger partial charge in [-0.05, 0) is 38.8 Å². The largest absolute Gasteiger partial charge is 0.859 e. The minimum atomic E-state index is -0.243. The molecule has 1 unspecified atom stereocenters. The highest BCUT2D eigenvalue weighted by molar-refractivity contribution is 5.47. The molecule has 0 fully saturated rings. The number of hydrogen-bond acceptors (Lipinski definition) is 4. The zero-order valence-corrected chi connectivity index (χ0v) is 10.5. The lowest BCUT2D eigenvalue weighted by Crippen LogP contribution is -2.11. The third-order valence-electron chi connectivity index (χ3n) is 2.94. The van der Waals surface area contributed by atoms with Gasteiger partial charge in [0.05, 0.1) is 22.6 Å². The second-order valence-corrected chi connectivity index (χ2v) is 4.50. The Hall–Kier alpha value is -2.24. The van der Waals surface area contributed by atoms with Crippen molar-refractivity contribution in [1.29, 1.82) is 0 Å². The molecule has 0 radical (unpaired) electrons. The molecule has 6 nitrogen and oxygen atoms in total. The highest BCUT2D eigenvalue weighted by Crippen LogP contribution is 2.23. The summed E-state index contributed by atoms with van der Waals surface area (Å²) in [7, 11) is 0. The highest BCUT2D eigenvalue weighted by Gasteiger charge is 2.26. The van der Waals surface area contributed by atoms with Gasteiger partial charge in [0.2, 0.25) is 0 Å². The number of fused-ring (bicyclic) bond motifs is 1. The first-order chi connectivity index (χ1) is 8.54. The SMILES string of the molecule is CC1=CC(C)[N+](c2cc3nc([O-])cc(C)n3n2)=N1. The molecular weight excluding hydrogens is 230 g/mol. The summed E-state index contributed by atoms with van der Waals surface area (Å²) in [5, 5.41) is 20.2. The molecule has 0 bridgehead atoms. The van der Waals surface area contributed by atoms with Crippen LogP contribution >= 0.6 is 0 Å². The van der Waals surface area contributed by atoms with Crippen LogP contribution in [0.4, 0.5) is 5.82 Å². The van der Waals surface area contributed by atoms with E-state index < -0.39 is 0 Å². The summed E-state index contributed by atoms with van der Waals surface area (Å²) < 4.78 is 3.49. The fourth-order valence-electron chi connectivity index (χ4n) is 2.17. The first kappa shape index (κ1) is 10.9. The lowest BCUT2D eigenvalue weighted by Gasteiger charge is -2.03. The molecule has 0 saturated carbocycles. The van der Waals surface area contributed by atoms with Gasteiger partial charge in [0, 0.05) is 0 Å². The summed E-state index contributed by atoms with van der Waals surface area (Å²) in [6.07, 6.45) is 2.06. The number of aryl methyl sites for hydroxylation is 1. The molecule has 1 aliphatic rings. The van der Waals surface area contributed by atoms with Gasteiger partial charge >= 0.3 is 5.82 Å². The van der Waals surface area contributed by atoms with Crippen LogP contribution < -0.4 is 5.11 Å². The maximum Gasteiger partial charge on any atom is 0.373 e. The fourth-order valence-corrected chi connectivity index (χ4v) is 2.17. The summed E-state index contributed by atoms with van der Waals surface area (Å²) >= 11 is 0. The molecule has 1 aliphatic heterocycles. The van der Waals surface area contributed by atoms with Crippen LogP contribution in [0.25, 0.3) is 5.65 Å². The van der Waals surface area contributed by atoms with Gasteiger partial charge in [0.1, 0.15) is 6.04 Å². The molecule has 3 rings (SSSR count). The summed E-state index contributed by atoms with van der Waals surface area (Å²) in [6.45, 7) is 5.83. The molecule has 18 heavy (non-hydrogen) atoms. The third-order valence-corrected chi connectivity index (χ3v) is 2.94. The molecule has 6 heteroatoms. The van der Waals surface area contributed by atoms with E-state index in [1.165, 1.54) is 6.07 Å². The Labute approximate surface area is 104 Å². The number of allylic oxidation sites excluding steroid dienone is 1. The van der Waals surface area contributed by atoms with Crippen LogP contribution in [0.5, 0.6) is 5.88 Å². The second kappa shape index (κ2) is 3.63. The van der Waals surface area contributed by atoms with E-state index in [1.54, 1.807) is 10.6 Å². The predicted octanol–water partition coefficient (Wildman–Crippen LogP) is 1.51. The topological polar surface area (TPSA) is 68.6 Å². The second-order valence-electron chi connectivity index (χ2n) is 4.50. The Balaban J connectivity index is 2.16. The van der Waals surface area contributed by atoms with Gasteiger partial charge in [-0.2, -0.15) is 0 Å². The number of azo groups is 2. The minimum absolute atomic E-state index is 0.168. The van der Waals surface area contributed by atoms with Gasteiger partial charge < -0.3 is 5.11 Å². The van der Waals surface area contributed by atoms with Gasteiger partial charge in [-0.15, -0.1) is 9.21 Å². The lowest BCUT2D eigenvalue weighted by atomic mass is 10.3. The molecule has 0 N–H and O–H groups in total. The molecule has 2 aromatic heterocycles. The molecule has 0 aliphatic carbocycles. The summed E-state index contributed by atoms with van der Waals surface area (Å²) in [5.74, 6) is 0.462. The average molecular weight is 243 g/mol. The van der Waals surface area contributed by atoms with E-state index in [1.807, 2.05) is 25.5 Å². The summed E-state index contributed by atoms with van der Waals surface area (Å²) in [4.78, 5) is 3.93. The van der Waals surface area contributed by atoms with E-state index in [0.29, 0.717) is 11.5 Å². The maximum atomic E-state index is 11.4. The molecule has 92 valence electrons. The molecule has 3 heterocycles. The fraction of sp³-hybridized carbons (Fsp3) is 0.333. The van der Waals surface area contributed by atoms with Gasteiger partial charge in [-0.1, -0.05) is 5.11 Å². The Bertz CT molecular complexity index is 698. The first-order valence-electron chi connectivity index (χ1n) is 5.78. The number of aromatic nitrogens is 3. The number of nitrogens with zero attached hydrogens (tertiary/aromatic N) is 5. The Morgan fingerprint density at radius 3 is 2.78 bits per heavy atom. The predicted molar refractivity (Wildman–Crippen MR) is 62.7 cm³/mol. The minimum Gasteiger partial charge on any atom is -0.859 e. The number of rotatable bonds is 1. The van der Waals surface area contributed by atoms with Crippen molar-refractivity contribution in [3.05, 3.63) is 29.6 Å². The zero-order valence-electron chi connectivity index (χ0n) is 10.5. The molecule has 2 aromatic rings. The van der Waals surface area contributed by atoms with Crippen molar-refractivity contribution in [2.75, 3.05) is 0 Å². The van der Waals surface area contributed by atoms with Gasteiger partial charge in [-0.25, -0.2) is 4.98 Å². The first-order valence-corrected chi connectivity index (χ1v) is 5.78. The van der Waals surface area contributed by atoms with Gasteiger partial charge in [0.15, 0.2) is 5.65 Å². The smallest absolute Gasteiger partial charge is 0.373 e. The molecule has 0 aromatic carbocycles. The van der Waals surface area contributed by atoms with E-state index in [4.69, 9.17) is 0 Å². The van der Waals surface area contributed by atoms with E-state index in [9.17, 15) is 5.11 Å². The Morgan fingerprint density at radius 2 is 2.11 bits per heavy atom. The van der Waals surface area contributed by atoms with Crippen LogP contribution in [0.3, 0.4) is 0 Å². The standard InChI is InChI=1S/C12H13N5O/c1-7-4-8(2)17(14-7)11-6-10-13-12(18)5-9(3)16(10)15-11/h4-6,8H,1-3H3. The van der Waals surface area contributed by atoms with Crippen molar-refractivity contribution in [2.45, 2.75) is 26.8 Å². The van der Waals surface area contributed by atoms with Crippen LogP contribution in [-0.2, 0) is 0 Å². The van der Waals surface area contributed by atoms with Crippen molar-refractivity contribution in [2.24, 2.45) is 5.11 Å². The molecular formula is C12H13N5O. The van der Waals surface area contributed by atoms with E-state index >= 15 is 0 Å². The van der Waals surface area contributed by atoms with E-state index in [-0.39, 0.29) is 11.9 Å². The normalized spacial score (nSPS) is 19.2. The van der Waals surface area contributed by atoms with Crippen LogP contribution in [0, 0.1) is 6.92 Å². The summed E-state index contributed by atoms with van der Waals surface area (Å²) in [6, 6.07) is 3.42. The zero-order chi connectivity index (χ0) is 12.9. The molecule has 1 atom stereocenters. The average Bonchev–Trinajstić information content (AvgIpc) is 2.81. The van der Waals surface area contributed by atoms with Crippen LogP contribution in [-0.4, -0.2) is 25.3 Å². The van der Waals surface area contributed by atoms with E-state index in [2.05, 4.69) is 21.3 Å². The highest BCUT2D eigenvalue weighted by atomic mass is 16.3. The Morgan fingerprint density at radius 1 is 1.33 bits per heavy atom. The maximum absolute atomic E-state index is 11.4. The van der Waals surface area contributed by atoms with Crippen molar-refractivity contribution in [1.82, 2.24) is 14.6 Å². The van der Waals surface area contributed by atoms with Crippen molar-refractivity contribution in [3.8, 4) is 5.88 Å². The third kappa shape index (κ3) is 1.57. The molecule has 0 amide bonds. The quantitative estimate of drug-likeness (QED) is 0.713. The molecule has 0 spiro atoms. The lowest BCUT2D eigenvalue weighted by molar-refractivity contribution is -0.530.